The summed E-state index contributed by atoms with van der Waals surface area (Å²) in [7, 11) is 0. The number of hydrogen-bond acceptors (Lipinski definition) is 2. The number of alkyl halides is 3. The van der Waals surface area contributed by atoms with Crippen molar-refractivity contribution in [3.63, 3.8) is 0 Å². The lowest BCUT2D eigenvalue weighted by atomic mass is 9.78. The summed E-state index contributed by atoms with van der Waals surface area (Å²) in [5, 5.41) is 2.73. The summed E-state index contributed by atoms with van der Waals surface area (Å²) in [5.74, 6) is -3.00. The molecule has 1 aliphatic carbocycles. The molecule has 144 valence electrons. The lowest BCUT2D eigenvalue weighted by molar-refractivity contribution is -0.197. The van der Waals surface area contributed by atoms with Gasteiger partial charge < -0.3 is 5.32 Å². The predicted molar refractivity (Wildman–Crippen MR) is 95.7 cm³/mol. The monoisotopic (exact) mass is 368 g/mol. The Hall–Kier alpha value is -1.56. The van der Waals surface area contributed by atoms with Crippen molar-refractivity contribution in [2.24, 2.45) is 11.8 Å². The van der Waals surface area contributed by atoms with Crippen molar-refractivity contribution in [3.05, 3.63) is 29.8 Å². The van der Waals surface area contributed by atoms with E-state index in [-0.39, 0.29) is 6.42 Å². The van der Waals surface area contributed by atoms with E-state index in [1.807, 2.05) is 18.2 Å². The Bertz CT molecular complexity index is 611. The second kappa shape index (κ2) is 8.42. The zero-order valence-electron chi connectivity index (χ0n) is 15.0. The highest BCUT2D eigenvalue weighted by molar-refractivity contribution is 5.92. The molecule has 0 spiro atoms. The van der Waals surface area contributed by atoms with Crippen molar-refractivity contribution in [2.75, 3.05) is 18.4 Å². The maximum Gasteiger partial charge on any atom is 0.392 e. The summed E-state index contributed by atoms with van der Waals surface area (Å²) < 4.78 is 39.7. The van der Waals surface area contributed by atoms with Gasteiger partial charge in [-0.3, -0.25) is 9.69 Å². The number of hydrogen-bond donors (Lipinski definition) is 1. The van der Waals surface area contributed by atoms with Crippen molar-refractivity contribution in [1.29, 1.82) is 0 Å². The van der Waals surface area contributed by atoms with Crippen LogP contribution in [-0.2, 0) is 11.3 Å². The van der Waals surface area contributed by atoms with Crippen molar-refractivity contribution < 1.29 is 18.0 Å². The van der Waals surface area contributed by atoms with Gasteiger partial charge in [0.05, 0.1) is 5.92 Å². The SMILES string of the molecule is O=C(Nc1cccc(CN2CCCCC2)c1)C1CCCCC1C(F)(F)F. The highest BCUT2D eigenvalue weighted by Gasteiger charge is 2.48. The third-order valence-corrected chi connectivity index (χ3v) is 5.57. The molecule has 2 aliphatic rings. The summed E-state index contributed by atoms with van der Waals surface area (Å²) in [6.07, 6.45) is 0.958. The molecule has 1 saturated carbocycles. The fraction of sp³-hybridized carbons (Fsp3) is 0.650. The Morgan fingerprint density at radius 1 is 1.08 bits per heavy atom. The molecule has 0 radical (unpaired) electrons. The maximum absolute atomic E-state index is 13.2. The minimum atomic E-state index is -4.31. The van der Waals surface area contributed by atoms with E-state index in [4.69, 9.17) is 0 Å². The standard InChI is InChI=1S/C20H27F3N2O/c21-20(22,23)18-10-3-2-9-17(18)19(26)24-16-8-6-7-15(13-16)14-25-11-4-1-5-12-25/h6-8,13,17-18H,1-5,9-12,14H2,(H,24,26). The number of carbonyl (C=O) groups excluding carboxylic acids is 1. The van der Waals surface area contributed by atoms with Crippen LogP contribution >= 0.6 is 0 Å². The third kappa shape index (κ3) is 5.00. The molecule has 1 aliphatic heterocycles. The van der Waals surface area contributed by atoms with Crippen LogP contribution in [0.1, 0.15) is 50.5 Å². The van der Waals surface area contributed by atoms with Gasteiger partial charge in [0.2, 0.25) is 5.91 Å². The average molecular weight is 368 g/mol. The van der Waals surface area contributed by atoms with E-state index < -0.39 is 23.9 Å². The number of benzene rings is 1. The third-order valence-electron chi connectivity index (χ3n) is 5.57. The van der Waals surface area contributed by atoms with Crippen molar-refractivity contribution in [1.82, 2.24) is 4.90 Å². The van der Waals surface area contributed by atoms with Gasteiger partial charge in [-0.15, -0.1) is 0 Å². The highest BCUT2D eigenvalue weighted by Crippen LogP contribution is 2.41. The number of carbonyl (C=O) groups is 1. The average Bonchev–Trinajstić information content (AvgIpc) is 2.62. The number of piperidine rings is 1. The molecule has 1 N–H and O–H groups in total. The first-order chi connectivity index (χ1) is 12.4. The van der Waals surface area contributed by atoms with E-state index in [1.165, 1.54) is 19.3 Å². The first kappa shape index (κ1) is 19.2. The minimum Gasteiger partial charge on any atom is -0.326 e. The predicted octanol–water partition coefficient (Wildman–Crippen LogP) is 4.98. The number of rotatable bonds is 4. The van der Waals surface area contributed by atoms with Gasteiger partial charge in [-0.25, -0.2) is 0 Å². The van der Waals surface area contributed by atoms with Crippen LogP contribution in [0.15, 0.2) is 24.3 Å². The van der Waals surface area contributed by atoms with Gasteiger partial charge in [-0.2, -0.15) is 13.2 Å². The second-order valence-electron chi connectivity index (χ2n) is 7.57. The van der Waals surface area contributed by atoms with E-state index >= 15 is 0 Å². The van der Waals surface area contributed by atoms with Crippen LogP contribution in [0.3, 0.4) is 0 Å². The van der Waals surface area contributed by atoms with Crippen LogP contribution in [0.25, 0.3) is 0 Å². The van der Waals surface area contributed by atoms with E-state index in [9.17, 15) is 18.0 Å². The number of likely N-dealkylation sites (tertiary alicyclic amines) is 1. The van der Waals surface area contributed by atoms with Crippen LogP contribution in [0.4, 0.5) is 18.9 Å². The molecule has 1 aromatic carbocycles. The number of anilines is 1. The molecular formula is C20H27F3N2O. The Labute approximate surface area is 152 Å². The van der Waals surface area contributed by atoms with Gasteiger partial charge in [0.15, 0.2) is 0 Å². The molecule has 1 heterocycles. The Morgan fingerprint density at radius 3 is 2.54 bits per heavy atom. The number of nitrogens with one attached hydrogen (secondary N) is 1. The largest absolute Gasteiger partial charge is 0.392 e. The molecule has 26 heavy (non-hydrogen) atoms. The lowest BCUT2D eigenvalue weighted by Crippen LogP contribution is -2.39. The summed E-state index contributed by atoms with van der Waals surface area (Å²) >= 11 is 0. The van der Waals surface area contributed by atoms with Crippen LogP contribution in [-0.4, -0.2) is 30.1 Å². The number of nitrogens with zero attached hydrogens (tertiary/aromatic N) is 1. The fourth-order valence-electron chi connectivity index (χ4n) is 4.19. The first-order valence-corrected chi connectivity index (χ1v) is 9.62. The van der Waals surface area contributed by atoms with Gasteiger partial charge in [-0.1, -0.05) is 31.4 Å². The molecule has 1 saturated heterocycles. The molecular weight excluding hydrogens is 341 g/mol. The zero-order chi connectivity index (χ0) is 18.6. The molecule has 3 nitrogen and oxygen atoms in total. The molecule has 1 aromatic rings. The minimum absolute atomic E-state index is 0.0522. The van der Waals surface area contributed by atoms with E-state index in [0.29, 0.717) is 24.9 Å². The summed E-state index contributed by atoms with van der Waals surface area (Å²) in [4.78, 5) is 14.9. The van der Waals surface area contributed by atoms with Crippen molar-refractivity contribution in [3.8, 4) is 0 Å². The van der Waals surface area contributed by atoms with Crippen LogP contribution < -0.4 is 5.32 Å². The molecule has 3 rings (SSSR count). The summed E-state index contributed by atoms with van der Waals surface area (Å²) in [5.41, 5.74) is 1.68. The van der Waals surface area contributed by atoms with Crippen LogP contribution in [0, 0.1) is 11.8 Å². The molecule has 0 aromatic heterocycles. The normalized spacial score (nSPS) is 25.0. The smallest absolute Gasteiger partial charge is 0.326 e. The summed E-state index contributed by atoms with van der Waals surface area (Å²) in [6, 6.07) is 7.50. The zero-order valence-corrected chi connectivity index (χ0v) is 15.0. The van der Waals surface area contributed by atoms with Crippen molar-refractivity contribution in [2.45, 2.75) is 57.7 Å². The van der Waals surface area contributed by atoms with Gasteiger partial charge in [0.1, 0.15) is 0 Å². The molecule has 0 bridgehead atoms. The molecule has 6 heteroatoms. The topological polar surface area (TPSA) is 32.3 Å². The van der Waals surface area contributed by atoms with Crippen molar-refractivity contribution >= 4 is 11.6 Å². The molecule has 1 amide bonds. The van der Waals surface area contributed by atoms with E-state index in [1.54, 1.807) is 6.07 Å². The number of halogens is 3. The quantitative estimate of drug-likeness (QED) is 0.813. The summed E-state index contributed by atoms with van der Waals surface area (Å²) in [6.45, 7) is 2.97. The molecule has 2 atom stereocenters. The second-order valence-corrected chi connectivity index (χ2v) is 7.57. The number of amides is 1. The Kier molecular flexibility index (Phi) is 6.22. The molecule has 2 fully saturated rings. The lowest BCUT2D eigenvalue weighted by Gasteiger charge is -2.32. The van der Waals surface area contributed by atoms with Crippen LogP contribution in [0.5, 0.6) is 0 Å². The first-order valence-electron chi connectivity index (χ1n) is 9.62. The highest BCUT2D eigenvalue weighted by atomic mass is 19.4. The Morgan fingerprint density at radius 2 is 1.81 bits per heavy atom. The van der Waals surface area contributed by atoms with Gasteiger partial charge in [0.25, 0.3) is 0 Å². The maximum atomic E-state index is 13.2. The molecule has 2 unspecified atom stereocenters. The van der Waals surface area contributed by atoms with Gasteiger partial charge in [-0.05, 0) is 56.5 Å². The van der Waals surface area contributed by atoms with E-state index in [0.717, 1.165) is 25.2 Å². The van der Waals surface area contributed by atoms with Gasteiger partial charge in [0, 0.05) is 18.2 Å². The van der Waals surface area contributed by atoms with Gasteiger partial charge >= 0.3 is 6.18 Å². The fourth-order valence-corrected chi connectivity index (χ4v) is 4.19. The van der Waals surface area contributed by atoms with Crippen LogP contribution in [0.2, 0.25) is 0 Å². The Balaban J connectivity index is 1.64. The van der Waals surface area contributed by atoms with E-state index in [2.05, 4.69) is 10.2 Å².